The van der Waals surface area contributed by atoms with Gasteiger partial charge in [-0.3, -0.25) is 4.79 Å². The highest BCUT2D eigenvalue weighted by molar-refractivity contribution is 5.94. The van der Waals surface area contributed by atoms with Crippen molar-refractivity contribution in [3.63, 3.8) is 0 Å². The van der Waals surface area contributed by atoms with Crippen LogP contribution in [-0.4, -0.2) is 18.1 Å². The van der Waals surface area contributed by atoms with Crippen LogP contribution in [-0.2, 0) is 0 Å². The van der Waals surface area contributed by atoms with Crippen LogP contribution in [0.1, 0.15) is 56.8 Å². The third-order valence-electron chi connectivity index (χ3n) is 4.96. The van der Waals surface area contributed by atoms with E-state index in [4.69, 9.17) is 0 Å². The van der Waals surface area contributed by atoms with E-state index >= 15 is 0 Å². The zero-order valence-electron chi connectivity index (χ0n) is 15.9. The molecule has 1 aromatic rings. The third-order valence-corrected chi connectivity index (χ3v) is 4.96. The van der Waals surface area contributed by atoms with Gasteiger partial charge in [-0.15, -0.1) is 0 Å². The minimum absolute atomic E-state index is 0.0910. The summed E-state index contributed by atoms with van der Waals surface area (Å²) in [6.45, 7) is 6.51. The molecule has 2 rings (SSSR count). The Kier molecular flexibility index (Phi) is 7.13. The molecule has 0 aliphatic heterocycles. The first-order valence-electron chi connectivity index (χ1n) is 9.45. The number of rotatable bonds is 8. The maximum atomic E-state index is 15.0. The van der Waals surface area contributed by atoms with Gasteiger partial charge < -0.3 is 5.32 Å². The molecule has 2 atom stereocenters. The van der Waals surface area contributed by atoms with Gasteiger partial charge in [-0.2, -0.15) is 0 Å². The summed E-state index contributed by atoms with van der Waals surface area (Å²) in [5, 5.41) is 2.61. The Hall–Kier alpha value is -1.97. The summed E-state index contributed by atoms with van der Waals surface area (Å²) in [4.78, 5) is 12.1. The first kappa shape index (κ1) is 20.3. The van der Waals surface area contributed by atoms with Crippen molar-refractivity contribution >= 4 is 5.91 Å². The van der Waals surface area contributed by atoms with Crippen LogP contribution in [0.25, 0.3) is 0 Å². The highest BCUT2D eigenvalue weighted by atomic mass is 19.1. The number of allylic oxidation sites excluding steroid dienone is 3. The van der Waals surface area contributed by atoms with E-state index in [1.807, 2.05) is 12.2 Å². The quantitative estimate of drug-likeness (QED) is 0.640. The van der Waals surface area contributed by atoms with E-state index in [0.717, 1.165) is 19.3 Å². The number of alkyl halides is 1. The summed E-state index contributed by atoms with van der Waals surface area (Å²) >= 11 is 0. The van der Waals surface area contributed by atoms with Gasteiger partial charge in [0.25, 0.3) is 5.91 Å². The number of benzene rings is 1. The third kappa shape index (κ3) is 5.79. The molecule has 0 radical (unpaired) electrons. The topological polar surface area (TPSA) is 29.1 Å². The molecule has 0 bridgehead atoms. The number of carbonyl (C=O) groups excluding carboxylic acids is 1. The van der Waals surface area contributed by atoms with Crippen LogP contribution in [0.3, 0.4) is 0 Å². The van der Waals surface area contributed by atoms with Gasteiger partial charge in [0.1, 0.15) is 11.5 Å². The molecule has 0 saturated heterocycles. The van der Waals surface area contributed by atoms with Crippen molar-refractivity contribution in [3.8, 4) is 0 Å². The van der Waals surface area contributed by atoms with Gasteiger partial charge in [-0.05, 0) is 60.6 Å². The minimum Gasteiger partial charge on any atom is -0.348 e. The van der Waals surface area contributed by atoms with E-state index in [-0.39, 0.29) is 13.0 Å². The Morgan fingerprint density at radius 1 is 1.23 bits per heavy atom. The molecule has 4 heteroatoms. The Bertz CT molecular complexity index is 663. The molecule has 0 fully saturated rings. The molecular weight excluding hydrogens is 332 g/mol. The predicted octanol–water partition coefficient (Wildman–Crippen LogP) is 5.61. The fourth-order valence-corrected chi connectivity index (χ4v) is 3.17. The molecule has 1 amide bonds. The number of halogens is 2. The zero-order chi connectivity index (χ0) is 19.2. The standard InChI is InChI=1S/C22H29F2NO/c1-4-17(6-5-16(2)3)18-11-13-22(24,14-12-18)15-25-21(26)19-7-9-20(23)10-8-19/h7-13,16-17H,4-6,14-15H2,1-3H3,(H,25,26). The average Bonchev–Trinajstić information content (AvgIpc) is 2.62. The molecule has 142 valence electrons. The van der Waals surface area contributed by atoms with E-state index in [1.54, 1.807) is 6.08 Å². The van der Waals surface area contributed by atoms with E-state index < -0.39 is 17.4 Å². The maximum Gasteiger partial charge on any atom is 0.251 e. The Balaban J connectivity index is 1.90. The lowest BCUT2D eigenvalue weighted by Crippen LogP contribution is -2.39. The second-order valence-corrected chi connectivity index (χ2v) is 7.54. The van der Waals surface area contributed by atoms with Crippen molar-refractivity contribution in [3.05, 3.63) is 59.4 Å². The van der Waals surface area contributed by atoms with Crippen molar-refractivity contribution < 1.29 is 13.6 Å². The van der Waals surface area contributed by atoms with Crippen LogP contribution in [0.4, 0.5) is 8.78 Å². The Morgan fingerprint density at radius 2 is 1.92 bits per heavy atom. The summed E-state index contributed by atoms with van der Waals surface area (Å²) in [6.07, 6.45) is 9.01. The normalized spacial score (nSPS) is 20.8. The first-order valence-corrected chi connectivity index (χ1v) is 9.45. The van der Waals surface area contributed by atoms with E-state index in [2.05, 4.69) is 26.1 Å². The Morgan fingerprint density at radius 3 is 2.46 bits per heavy atom. The second-order valence-electron chi connectivity index (χ2n) is 7.54. The van der Waals surface area contributed by atoms with Gasteiger partial charge >= 0.3 is 0 Å². The molecule has 1 aliphatic carbocycles. The summed E-state index contributed by atoms with van der Waals surface area (Å²) < 4.78 is 27.9. The maximum absolute atomic E-state index is 15.0. The van der Waals surface area contributed by atoms with Gasteiger partial charge in [-0.25, -0.2) is 8.78 Å². The molecule has 0 spiro atoms. The minimum atomic E-state index is -1.57. The van der Waals surface area contributed by atoms with Gasteiger partial charge in [0.05, 0.1) is 6.54 Å². The molecule has 0 aromatic heterocycles. The lowest BCUT2D eigenvalue weighted by atomic mass is 9.83. The van der Waals surface area contributed by atoms with Gasteiger partial charge in [0, 0.05) is 12.0 Å². The van der Waals surface area contributed by atoms with Crippen LogP contribution in [0, 0.1) is 17.7 Å². The van der Waals surface area contributed by atoms with Crippen molar-refractivity contribution in [1.29, 1.82) is 0 Å². The number of carbonyl (C=O) groups is 1. The first-order chi connectivity index (χ1) is 12.3. The smallest absolute Gasteiger partial charge is 0.251 e. The number of nitrogens with one attached hydrogen (secondary N) is 1. The van der Waals surface area contributed by atoms with Crippen LogP contribution in [0.2, 0.25) is 0 Å². The van der Waals surface area contributed by atoms with Crippen LogP contribution in [0.15, 0.2) is 48.1 Å². The monoisotopic (exact) mass is 361 g/mol. The lowest BCUT2D eigenvalue weighted by Gasteiger charge is -2.27. The van der Waals surface area contributed by atoms with Crippen molar-refractivity contribution in [2.75, 3.05) is 6.54 Å². The highest BCUT2D eigenvalue weighted by Crippen LogP contribution is 2.31. The average molecular weight is 361 g/mol. The fraction of sp³-hybridized carbons (Fsp3) is 0.500. The van der Waals surface area contributed by atoms with E-state index in [1.165, 1.54) is 29.8 Å². The SMILES string of the molecule is CCC(CCC(C)C)C1=CCC(F)(CNC(=O)c2ccc(F)cc2)C=C1. The van der Waals surface area contributed by atoms with Gasteiger partial charge in [-0.1, -0.05) is 39.3 Å². The largest absolute Gasteiger partial charge is 0.348 e. The van der Waals surface area contributed by atoms with Crippen molar-refractivity contribution in [1.82, 2.24) is 5.32 Å². The molecule has 26 heavy (non-hydrogen) atoms. The summed E-state index contributed by atoms with van der Waals surface area (Å²) in [5.41, 5.74) is -0.0488. The van der Waals surface area contributed by atoms with E-state index in [0.29, 0.717) is 17.4 Å². The fourth-order valence-electron chi connectivity index (χ4n) is 3.17. The molecule has 1 aromatic carbocycles. The van der Waals surface area contributed by atoms with E-state index in [9.17, 15) is 13.6 Å². The highest BCUT2D eigenvalue weighted by Gasteiger charge is 2.29. The summed E-state index contributed by atoms with van der Waals surface area (Å²) in [5.74, 6) is 0.332. The van der Waals surface area contributed by atoms with Crippen molar-refractivity contribution in [2.45, 2.75) is 52.1 Å². The van der Waals surface area contributed by atoms with Crippen LogP contribution < -0.4 is 5.32 Å². The summed E-state index contributed by atoms with van der Waals surface area (Å²) in [7, 11) is 0. The molecule has 0 saturated carbocycles. The van der Waals surface area contributed by atoms with Crippen molar-refractivity contribution in [2.24, 2.45) is 11.8 Å². The second kappa shape index (κ2) is 9.11. The molecular formula is C22H29F2NO. The number of amides is 1. The lowest BCUT2D eigenvalue weighted by molar-refractivity contribution is 0.0925. The summed E-state index contributed by atoms with van der Waals surface area (Å²) in [6, 6.07) is 5.23. The van der Waals surface area contributed by atoms with Crippen LogP contribution >= 0.6 is 0 Å². The van der Waals surface area contributed by atoms with Crippen LogP contribution in [0.5, 0.6) is 0 Å². The molecule has 1 N–H and O–H groups in total. The molecule has 2 nitrogen and oxygen atoms in total. The zero-order valence-corrected chi connectivity index (χ0v) is 15.9. The molecule has 2 unspecified atom stereocenters. The van der Waals surface area contributed by atoms with Gasteiger partial charge in [0.2, 0.25) is 0 Å². The molecule has 0 heterocycles. The molecule has 1 aliphatic rings. The number of hydrogen-bond acceptors (Lipinski definition) is 1. The Labute approximate surface area is 155 Å². The van der Waals surface area contributed by atoms with Gasteiger partial charge in [0.15, 0.2) is 0 Å². The number of hydrogen-bond donors (Lipinski definition) is 1. The predicted molar refractivity (Wildman–Crippen MR) is 102 cm³/mol.